The van der Waals surface area contributed by atoms with Gasteiger partial charge in [-0.1, -0.05) is 15.9 Å². The van der Waals surface area contributed by atoms with Gasteiger partial charge in [-0.3, -0.25) is 4.79 Å². The number of rotatable bonds is 0. The van der Waals surface area contributed by atoms with E-state index in [4.69, 9.17) is 0 Å². The standard InChI is InChI=1S/C8H9BrF3NO/c9-5-3-4-1-2-6(5)13(4)7(14)8(10,11)12/h4-6H,1-3H2. The van der Waals surface area contributed by atoms with Crippen molar-refractivity contribution in [2.45, 2.75) is 42.3 Å². The van der Waals surface area contributed by atoms with Gasteiger partial charge in [0.1, 0.15) is 0 Å². The van der Waals surface area contributed by atoms with E-state index in [0.717, 1.165) is 4.90 Å². The molecule has 0 spiro atoms. The van der Waals surface area contributed by atoms with Crippen molar-refractivity contribution in [3.63, 3.8) is 0 Å². The first-order valence-corrected chi connectivity index (χ1v) is 5.36. The van der Waals surface area contributed by atoms with E-state index in [1.165, 1.54) is 0 Å². The maximum atomic E-state index is 12.2. The van der Waals surface area contributed by atoms with Crippen LogP contribution in [-0.4, -0.2) is 33.9 Å². The van der Waals surface area contributed by atoms with Crippen LogP contribution in [0.1, 0.15) is 19.3 Å². The Balaban J connectivity index is 2.17. The molecule has 2 fully saturated rings. The highest BCUT2D eigenvalue weighted by Crippen LogP contribution is 2.43. The molecule has 0 N–H and O–H groups in total. The Morgan fingerprint density at radius 3 is 2.36 bits per heavy atom. The molecule has 3 atom stereocenters. The number of hydrogen-bond donors (Lipinski definition) is 0. The van der Waals surface area contributed by atoms with Crippen LogP contribution in [0.25, 0.3) is 0 Å². The number of fused-ring (bicyclic) bond motifs is 2. The number of amides is 1. The third kappa shape index (κ3) is 1.43. The Bertz CT molecular complexity index is 268. The van der Waals surface area contributed by atoms with Crippen LogP contribution in [0, 0.1) is 0 Å². The van der Waals surface area contributed by atoms with Gasteiger partial charge in [-0.2, -0.15) is 13.2 Å². The molecule has 2 nitrogen and oxygen atoms in total. The van der Waals surface area contributed by atoms with Gasteiger partial charge in [0.25, 0.3) is 0 Å². The first kappa shape index (κ1) is 10.3. The van der Waals surface area contributed by atoms with Gasteiger partial charge in [0.15, 0.2) is 0 Å². The average Bonchev–Trinajstić information content (AvgIpc) is 2.56. The van der Waals surface area contributed by atoms with Gasteiger partial charge in [0, 0.05) is 16.9 Å². The van der Waals surface area contributed by atoms with Crippen LogP contribution in [0.15, 0.2) is 0 Å². The molecule has 2 bridgehead atoms. The SMILES string of the molecule is O=C(N1C2CCC1C(Br)C2)C(F)(F)F. The average molecular weight is 272 g/mol. The quantitative estimate of drug-likeness (QED) is 0.618. The summed E-state index contributed by atoms with van der Waals surface area (Å²) in [5.41, 5.74) is 0. The predicted octanol–water partition coefficient (Wildman–Crippen LogP) is 2.08. The van der Waals surface area contributed by atoms with Crippen molar-refractivity contribution >= 4 is 21.8 Å². The third-order valence-electron chi connectivity index (χ3n) is 2.94. The van der Waals surface area contributed by atoms with Crippen molar-refractivity contribution in [3.05, 3.63) is 0 Å². The molecule has 1 amide bonds. The number of hydrogen-bond acceptors (Lipinski definition) is 1. The number of carbonyl (C=O) groups excluding carboxylic acids is 1. The molecule has 80 valence electrons. The molecule has 0 aromatic carbocycles. The van der Waals surface area contributed by atoms with Crippen LogP contribution < -0.4 is 0 Å². The molecule has 0 saturated carbocycles. The third-order valence-corrected chi connectivity index (χ3v) is 3.92. The van der Waals surface area contributed by atoms with E-state index in [-0.39, 0.29) is 16.9 Å². The monoisotopic (exact) mass is 271 g/mol. The number of nitrogens with zero attached hydrogens (tertiary/aromatic N) is 1. The normalized spacial score (nSPS) is 36.6. The molecule has 14 heavy (non-hydrogen) atoms. The van der Waals surface area contributed by atoms with Crippen molar-refractivity contribution in [1.82, 2.24) is 4.90 Å². The summed E-state index contributed by atoms with van der Waals surface area (Å²) in [6.07, 6.45) is -2.69. The molecule has 0 aromatic rings. The van der Waals surface area contributed by atoms with E-state index < -0.39 is 12.1 Å². The summed E-state index contributed by atoms with van der Waals surface area (Å²) in [6.45, 7) is 0. The molecular formula is C8H9BrF3NO. The highest BCUT2D eigenvalue weighted by atomic mass is 79.9. The molecule has 6 heteroatoms. The summed E-state index contributed by atoms with van der Waals surface area (Å²) in [6, 6.07) is -0.465. The van der Waals surface area contributed by atoms with Crippen LogP contribution in [0.4, 0.5) is 13.2 Å². The molecule has 2 rings (SSSR count). The highest BCUT2D eigenvalue weighted by molar-refractivity contribution is 9.09. The molecule has 2 heterocycles. The first-order valence-electron chi connectivity index (χ1n) is 4.45. The predicted molar refractivity (Wildman–Crippen MR) is 47.0 cm³/mol. The Hall–Kier alpha value is -0.260. The zero-order chi connectivity index (χ0) is 10.5. The molecular weight excluding hydrogens is 263 g/mol. The van der Waals surface area contributed by atoms with Crippen LogP contribution in [0.2, 0.25) is 0 Å². The second kappa shape index (κ2) is 3.12. The maximum absolute atomic E-state index is 12.2. The van der Waals surface area contributed by atoms with Crippen molar-refractivity contribution in [2.75, 3.05) is 0 Å². The van der Waals surface area contributed by atoms with Gasteiger partial charge in [0.2, 0.25) is 0 Å². The van der Waals surface area contributed by atoms with Crippen molar-refractivity contribution in [3.8, 4) is 0 Å². The van der Waals surface area contributed by atoms with Crippen LogP contribution in [0.5, 0.6) is 0 Å². The lowest BCUT2D eigenvalue weighted by atomic mass is 10.0. The van der Waals surface area contributed by atoms with E-state index in [1.54, 1.807) is 0 Å². The number of carbonyl (C=O) groups is 1. The first-order chi connectivity index (χ1) is 6.41. The second-order valence-electron chi connectivity index (χ2n) is 3.76. The molecule has 3 unspecified atom stereocenters. The molecule has 2 aliphatic heterocycles. The molecule has 2 saturated heterocycles. The largest absolute Gasteiger partial charge is 0.471 e. The Labute approximate surface area is 87.6 Å². The van der Waals surface area contributed by atoms with Gasteiger partial charge in [-0.05, 0) is 19.3 Å². The van der Waals surface area contributed by atoms with Crippen LogP contribution in [0.3, 0.4) is 0 Å². The lowest BCUT2D eigenvalue weighted by Crippen LogP contribution is -2.44. The second-order valence-corrected chi connectivity index (χ2v) is 4.94. The van der Waals surface area contributed by atoms with Crippen LogP contribution in [-0.2, 0) is 4.79 Å². The molecule has 0 radical (unpaired) electrons. The van der Waals surface area contributed by atoms with Gasteiger partial charge >= 0.3 is 12.1 Å². The van der Waals surface area contributed by atoms with Gasteiger partial charge in [0.05, 0.1) is 0 Å². The fraction of sp³-hybridized carbons (Fsp3) is 0.875. The summed E-state index contributed by atoms with van der Waals surface area (Å²) in [7, 11) is 0. The van der Waals surface area contributed by atoms with E-state index >= 15 is 0 Å². The summed E-state index contributed by atoms with van der Waals surface area (Å²) in [4.78, 5) is 12.1. The summed E-state index contributed by atoms with van der Waals surface area (Å²) < 4.78 is 36.6. The van der Waals surface area contributed by atoms with Crippen LogP contribution >= 0.6 is 15.9 Å². The Kier molecular flexibility index (Phi) is 2.28. The van der Waals surface area contributed by atoms with E-state index in [9.17, 15) is 18.0 Å². The molecule has 0 aliphatic carbocycles. The Morgan fingerprint density at radius 1 is 1.36 bits per heavy atom. The van der Waals surface area contributed by atoms with Gasteiger partial charge < -0.3 is 4.90 Å². The Morgan fingerprint density at radius 2 is 2.00 bits per heavy atom. The minimum absolute atomic E-state index is 0.0348. The smallest absolute Gasteiger partial charge is 0.328 e. The minimum atomic E-state index is -4.72. The van der Waals surface area contributed by atoms with Crippen molar-refractivity contribution in [1.29, 1.82) is 0 Å². The summed E-state index contributed by atoms with van der Waals surface area (Å²) in [5.74, 6) is -1.67. The van der Waals surface area contributed by atoms with Crippen molar-refractivity contribution < 1.29 is 18.0 Å². The summed E-state index contributed by atoms with van der Waals surface area (Å²) in [5, 5.41) is 0. The van der Waals surface area contributed by atoms with Gasteiger partial charge in [-0.15, -0.1) is 0 Å². The number of alkyl halides is 4. The fourth-order valence-electron chi connectivity index (χ4n) is 2.38. The zero-order valence-electron chi connectivity index (χ0n) is 7.22. The minimum Gasteiger partial charge on any atom is -0.328 e. The number of halogens is 4. The molecule has 0 aromatic heterocycles. The topological polar surface area (TPSA) is 20.3 Å². The van der Waals surface area contributed by atoms with Gasteiger partial charge in [-0.25, -0.2) is 0 Å². The van der Waals surface area contributed by atoms with E-state index in [1.807, 2.05) is 0 Å². The maximum Gasteiger partial charge on any atom is 0.471 e. The lowest BCUT2D eigenvalue weighted by Gasteiger charge is -2.23. The van der Waals surface area contributed by atoms with Crippen molar-refractivity contribution in [2.24, 2.45) is 0 Å². The van der Waals surface area contributed by atoms with E-state index in [2.05, 4.69) is 15.9 Å². The fourth-order valence-corrected chi connectivity index (χ4v) is 3.33. The highest BCUT2D eigenvalue weighted by Gasteiger charge is 2.54. The zero-order valence-corrected chi connectivity index (χ0v) is 8.81. The summed E-state index contributed by atoms with van der Waals surface area (Å²) >= 11 is 3.31. The van der Waals surface area contributed by atoms with E-state index in [0.29, 0.717) is 19.3 Å². The molecule has 2 aliphatic rings. The lowest BCUT2D eigenvalue weighted by molar-refractivity contribution is -0.186.